The highest BCUT2D eigenvalue weighted by Gasteiger charge is 2.09. The number of carbonyl (C=O) groups is 1. The third-order valence-electron chi connectivity index (χ3n) is 2.27. The van der Waals surface area contributed by atoms with E-state index < -0.39 is 0 Å². The van der Waals surface area contributed by atoms with Gasteiger partial charge in [0.05, 0.1) is 6.10 Å². The van der Waals surface area contributed by atoms with Crippen molar-refractivity contribution in [3.8, 4) is 5.75 Å². The Morgan fingerprint density at radius 3 is 2.28 bits per heavy atom. The number of hydrogen-bond donors (Lipinski definition) is 0. The van der Waals surface area contributed by atoms with Crippen molar-refractivity contribution in [1.82, 2.24) is 0 Å². The van der Waals surface area contributed by atoms with Crippen LogP contribution in [0.4, 0.5) is 0 Å². The van der Waals surface area contributed by atoms with Crippen molar-refractivity contribution in [3.63, 3.8) is 0 Å². The minimum Gasteiger partial charge on any atom is -0.491 e. The summed E-state index contributed by atoms with van der Waals surface area (Å²) in [5.74, 6) is 0.690. The maximum Gasteiger partial charge on any atom is 0.193 e. The number of hydrogen-bond acceptors (Lipinski definition) is 2. The maximum atomic E-state index is 12.1. The van der Waals surface area contributed by atoms with Crippen LogP contribution < -0.4 is 4.74 Å². The molecule has 0 N–H and O–H groups in total. The van der Waals surface area contributed by atoms with Crippen LogP contribution in [-0.2, 0) is 0 Å². The van der Waals surface area contributed by atoms with E-state index in [0.29, 0.717) is 11.1 Å². The molecule has 2 heteroatoms. The van der Waals surface area contributed by atoms with E-state index in [0.717, 1.165) is 5.75 Å². The van der Waals surface area contributed by atoms with Crippen molar-refractivity contribution in [2.45, 2.75) is 20.0 Å². The van der Waals surface area contributed by atoms with Gasteiger partial charge in [-0.2, -0.15) is 0 Å². The molecule has 0 aliphatic rings. The Kier molecular flexibility index (Phi) is 5.12. The molecule has 0 saturated carbocycles. The Bertz CT molecular complexity index is 464. The van der Waals surface area contributed by atoms with E-state index >= 15 is 0 Å². The monoisotopic (exact) mass is 242 g/mol. The van der Waals surface area contributed by atoms with Crippen molar-refractivity contribution in [2.75, 3.05) is 0 Å². The SMILES string of the molecule is C=C/C=C(\C=C)C(=O)c1ccc(OC(C)C)cc1. The fraction of sp³-hybridized carbons (Fsp3) is 0.188. The summed E-state index contributed by atoms with van der Waals surface area (Å²) in [6, 6.07) is 7.09. The predicted octanol–water partition coefficient (Wildman–Crippen LogP) is 3.95. The zero-order chi connectivity index (χ0) is 13.5. The molecule has 0 heterocycles. The van der Waals surface area contributed by atoms with Gasteiger partial charge in [0.15, 0.2) is 5.78 Å². The lowest BCUT2D eigenvalue weighted by Gasteiger charge is -2.09. The molecule has 0 saturated heterocycles. The van der Waals surface area contributed by atoms with E-state index in [9.17, 15) is 4.79 Å². The van der Waals surface area contributed by atoms with Gasteiger partial charge >= 0.3 is 0 Å². The molecule has 0 unspecified atom stereocenters. The minimum atomic E-state index is -0.0685. The van der Waals surface area contributed by atoms with Crippen molar-refractivity contribution in [3.05, 3.63) is 66.8 Å². The Balaban J connectivity index is 2.91. The molecule has 0 amide bonds. The fourth-order valence-electron chi connectivity index (χ4n) is 1.49. The molecule has 1 aromatic carbocycles. The standard InChI is InChI=1S/C16H18O2/c1-5-7-13(6-2)16(17)14-8-10-15(11-9-14)18-12(3)4/h5-12H,1-2H2,3-4H3/b13-7+. The first-order chi connectivity index (χ1) is 8.58. The lowest BCUT2D eigenvalue weighted by Crippen LogP contribution is -2.06. The van der Waals surface area contributed by atoms with E-state index in [4.69, 9.17) is 4.74 Å². The summed E-state index contributed by atoms with van der Waals surface area (Å²) in [6.45, 7) is 11.1. The molecule has 0 fully saturated rings. The Morgan fingerprint density at radius 2 is 1.83 bits per heavy atom. The van der Waals surface area contributed by atoms with E-state index in [1.807, 2.05) is 13.8 Å². The average Bonchev–Trinajstić information content (AvgIpc) is 2.35. The molecule has 0 bridgehead atoms. The van der Waals surface area contributed by atoms with Crippen LogP contribution in [0.2, 0.25) is 0 Å². The Hall–Kier alpha value is -2.09. The first-order valence-corrected chi connectivity index (χ1v) is 5.85. The summed E-state index contributed by atoms with van der Waals surface area (Å²) in [5.41, 5.74) is 1.14. The molecule has 2 nitrogen and oxygen atoms in total. The normalized spacial score (nSPS) is 11.2. The molecular weight excluding hydrogens is 224 g/mol. The first kappa shape index (κ1) is 14.0. The number of ether oxygens (including phenoxy) is 1. The largest absolute Gasteiger partial charge is 0.491 e. The summed E-state index contributed by atoms with van der Waals surface area (Å²) in [6.07, 6.45) is 4.87. The molecule has 1 rings (SSSR count). The topological polar surface area (TPSA) is 26.3 Å². The molecule has 0 aliphatic carbocycles. The number of carbonyl (C=O) groups excluding carboxylic acids is 1. The minimum absolute atomic E-state index is 0.0685. The lowest BCUT2D eigenvalue weighted by molar-refractivity contribution is 0.103. The molecule has 94 valence electrons. The lowest BCUT2D eigenvalue weighted by atomic mass is 10.0. The van der Waals surface area contributed by atoms with Gasteiger partial charge in [0, 0.05) is 11.1 Å². The van der Waals surface area contributed by atoms with Crippen LogP contribution in [0.15, 0.2) is 61.2 Å². The zero-order valence-corrected chi connectivity index (χ0v) is 10.8. The smallest absolute Gasteiger partial charge is 0.193 e. The molecule has 0 spiro atoms. The molecule has 0 atom stereocenters. The van der Waals surface area contributed by atoms with Gasteiger partial charge in [0.1, 0.15) is 5.75 Å². The van der Waals surface area contributed by atoms with E-state index in [1.165, 1.54) is 6.08 Å². The third-order valence-corrected chi connectivity index (χ3v) is 2.27. The Labute approximate surface area is 108 Å². The molecule has 0 aliphatic heterocycles. The summed E-state index contributed by atoms with van der Waals surface area (Å²) in [4.78, 5) is 12.1. The number of allylic oxidation sites excluding steroid dienone is 4. The van der Waals surface area contributed by atoms with Gasteiger partial charge in [-0.1, -0.05) is 31.4 Å². The summed E-state index contributed by atoms with van der Waals surface area (Å²) in [7, 11) is 0. The maximum absolute atomic E-state index is 12.1. The summed E-state index contributed by atoms with van der Waals surface area (Å²) in [5, 5.41) is 0. The predicted molar refractivity (Wildman–Crippen MR) is 75.0 cm³/mol. The number of Topliss-reactive ketones (excluding diaryl/α,β-unsaturated/α-hetero) is 1. The molecule has 0 aromatic heterocycles. The molecular formula is C16H18O2. The van der Waals surface area contributed by atoms with Crippen LogP contribution in [0.3, 0.4) is 0 Å². The van der Waals surface area contributed by atoms with Gasteiger partial charge in [0.2, 0.25) is 0 Å². The third kappa shape index (κ3) is 3.74. The van der Waals surface area contributed by atoms with Crippen LogP contribution in [0.5, 0.6) is 5.75 Å². The second kappa shape index (κ2) is 6.60. The second-order valence-electron chi connectivity index (χ2n) is 4.08. The van der Waals surface area contributed by atoms with Crippen LogP contribution in [-0.4, -0.2) is 11.9 Å². The van der Waals surface area contributed by atoms with Crippen molar-refractivity contribution < 1.29 is 9.53 Å². The quantitative estimate of drug-likeness (QED) is 0.429. The second-order valence-corrected chi connectivity index (χ2v) is 4.08. The van der Waals surface area contributed by atoms with Gasteiger partial charge in [-0.3, -0.25) is 4.79 Å². The van der Waals surface area contributed by atoms with Crippen LogP contribution in [0.25, 0.3) is 0 Å². The molecule has 18 heavy (non-hydrogen) atoms. The number of ketones is 1. The molecule has 1 aromatic rings. The molecule has 0 radical (unpaired) electrons. The van der Waals surface area contributed by atoms with Crippen LogP contribution >= 0.6 is 0 Å². The Morgan fingerprint density at radius 1 is 1.22 bits per heavy atom. The zero-order valence-electron chi connectivity index (χ0n) is 10.8. The highest BCUT2D eigenvalue weighted by molar-refractivity contribution is 6.10. The van der Waals surface area contributed by atoms with E-state index in [-0.39, 0.29) is 11.9 Å². The van der Waals surface area contributed by atoms with Crippen molar-refractivity contribution >= 4 is 5.78 Å². The highest BCUT2D eigenvalue weighted by atomic mass is 16.5. The van der Waals surface area contributed by atoms with Gasteiger partial charge in [-0.05, 0) is 38.1 Å². The van der Waals surface area contributed by atoms with Crippen LogP contribution in [0.1, 0.15) is 24.2 Å². The van der Waals surface area contributed by atoms with Gasteiger partial charge in [-0.25, -0.2) is 0 Å². The van der Waals surface area contributed by atoms with Crippen LogP contribution in [0, 0.1) is 0 Å². The highest BCUT2D eigenvalue weighted by Crippen LogP contribution is 2.16. The number of benzene rings is 1. The van der Waals surface area contributed by atoms with Crippen molar-refractivity contribution in [1.29, 1.82) is 0 Å². The summed E-state index contributed by atoms with van der Waals surface area (Å²) >= 11 is 0. The van der Waals surface area contributed by atoms with Gasteiger partial charge < -0.3 is 4.74 Å². The summed E-state index contributed by atoms with van der Waals surface area (Å²) < 4.78 is 5.52. The van der Waals surface area contributed by atoms with Crippen molar-refractivity contribution in [2.24, 2.45) is 0 Å². The van der Waals surface area contributed by atoms with Gasteiger partial charge in [0.25, 0.3) is 0 Å². The number of rotatable bonds is 6. The van der Waals surface area contributed by atoms with E-state index in [2.05, 4.69) is 13.2 Å². The average molecular weight is 242 g/mol. The fourth-order valence-corrected chi connectivity index (χ4v) is 1.49. The van der Waals surface area contributed by atoms with E-state index in [1.54, 1.807) is 36.4 Å². The van der Waals surface area contributed by atoms with Gasteiger partial charge in [-0.15, -0.1) is 0 Å². The first-order valence-electron chi connectivity index (χ1n) is 5.85.